The van der Waals surface area contributed by atoms with Crippen molar-refractivity contribution in [2.45, 2.75) is 39.7 Å². The molecule has 2 aromatic rings. The highest BCUT2D eigenvalue weighted by molar-refractivity contribution is 5.68. The summed E-state index contributed by atoms with van der Waals surface area (Å²) in [7, 11) is 0. The lowest BCUT2D eigenvalue weighted by atomic mass is 9.87. The first kappa shape index (κ1) is 18.2. The van der Waals surface area contributed by atoms with Crippen LogP contribution >= 0.6 is 0 Å². The van der Waals surface area contributed by atoms with Crippen molar-refractivity contribution in [1.82, 2.24) is 0 Å². The molecule has 0 saturated carbocycles. The average Bonchev–Trinajstić information content (AvgIpc) is 2.82. The number of benzene rings is 2. The lowest BCUT2D eigenvalue weighted by molar-refractivity contribution is 0.0391. The molecular formula is C21H24FNO3. The molecule has 5 heteroatoms. The third-order valence-corrected chi connectivity index (χ3v) is 4.74. The fraction of sp³-hybridized carbons (Fsp3) is 0.381. The average molecular weight is 357 g/mol. The number of rotatable bonds is 5. The lowest BCUT2D eigenvalue weighted by Gasteiger charge is -2.26. The summed E-state index contributed by atoms with van der Waals surface area (Å²) in [5.74, 6) is 0.426. The third-order valence-electron chi connectivity index (χ3n) is 4.74. The molecule has 26 heavy (non-hydrogen) atoms. The summed E-state index contributed by atoms with van der Waals surface area (Å²) < 4.78 is 25.6. The number of halogens is 1. The first-order valence-corrected chi connectivity index (χ1v) is 8.83. The van der Waals surface area contributed by atoms with E-state index in [0.717, 1.165) is 23.3 Å². The van der Waals surface area contributed by atoms with Crippen molar-refractivity contribution in [3.8, 4) is 16.9 Å². The van der Waals surface area contributed by atoms with Crippen LogP contribution in [-0.2, 0) is 11.2 Å². The monoisotopic (exact) mass is 357 g/mol. The van der Waals surface area contributed by atoms with Crippen molar-refractivity contribution in [2.24, 2.45) is 11.1 Å². The number of amides is 1. The summed E-state index contributed by atoms with van der Waals surface area (Å²) in [5.41, 5.74) is 7.84. The highest BCUT2D eigenvalue weighted by Crippen LogP contribution is 2.48. The molecule has 1 amide bonds. The zero-order valence-electron chi connectivity index (χ0n) is 15.3. The van der Waals surface area contributed by atoms with Crippen LogP contribution in [-0.4, -0.2) is 12.7 Å². The molecule has 0 radical (unpaired) electrons. The first-order chi connectivity index (χ1) is 12.3. The van der Waals surface area contributed by atoms with Crippen LogP contribution in [0.4, 0.5) is 9.18 Å². The number of fused-ring (bicyclic) bond motifs is 1. The molecule has 0 fully saturated rings. The molecule has 2 aromatic carbocycles. The van der Waals surface area contributed by atoms with E-state index in [4.69, 9.17) is 15.2 Å². The predicted molar refractivity (Wildman–Crippen MR) is 98.5 cm³/mol. The molecule has 0 aliphatic heterocycles. The normalized spacial score (nSPS) is 17.6. The van der Waals surface area contributed by atoms with Crippen LogP contribution in [0.15, 0.2) is 36.4 Å². The molecule has 3 rings (SSSR count). The standard InChI is InChI=1S/C21H24FNO3/c1-4-9-25-15-7-5-13(6-8-15)16-10-14-12-21(2,3)19(26-20(23)24)17(14)11-18(16)22/h5-8,10-11,19H,4,9,12H2,1-3H3,(H2,23,24)/t19-/m0/s1. The molecule has 138 valence electrons. The van der Waals surface area contributed by atoms with Crippen LogP contribution in [0.25, 0.3) is 11.1 Å². The second-order valence-corrected chi connectivity index (χ2v) is 7.39. The molecule has 0 spiro atoms. The second kappa shape index (κ2) is 6.98. The van der Waals surface area contributed by atoms with Crippen molar-refractivity contribution >= 4 is 6.09 Å². The second-order valence-electron chi connectivity index (χ2n) is 7.39. The molecule has 0 saturated heterocycles. The quantitative estimate of drug-likeness (QED) is 0.819. The van der Waals surface area contributed by atoms with Crippen molar-refractivity contribution in [3.63, 3.8) is 0 Å². The van der Waals surface area contributed by atoms with Crippen LogP contribution in [0, 0.1) is 11.2 Å². The van der Waals surface area contributed by atoms with Gasteiger partial charge in [-0.2, -0.15) is 0 Å². The van der Waals surface area contributed by atoms with Gasteiger partial charge in [-0.15, -0.1) is 0 Å². The van der Waals surface area contributed by atoms with Gasteiger partial charge < -0.3 is 15.2 Å². The molecule has 0 unspecified atom stereocenters. The molecule has 0 aromatic heterocycles. The summed E-state index contributed by atoms with van der Waals surface area (Å²) >= 11 is 0. The summed E-state index contributed by atoms with van der Waals surface area (Å²) in [6.07, 6.45) is 0.239. The van der Waals surface area contributed by atoms with Gasteiger partial charge >= 0.3 is 6.09 Å². The number of carbonyl (C=O) groups is 1. The van der Waals surface area contributed by atoms with Gasteiger partial charge in [-0.05, 0) is 53.8 Å². The topological polar surface area (TPSA) is 61.6 Å². The fourth-order valence-corrected chi connectivity index (χ4v) is 3.55. The number of carbonyl (C=O) groups excluding carboxylic acids is 1. The molecular weight excluding hydrogens is 333 g/mol. The summed E-state index contributed by atoms with van der Waals surface area (Å²) in [6.45, 7) is 6.67. The molecule has 1 aliphatic carbocycles. The van der Waals surface area contributed by atoms with E-state index in [0.29, 0.717) is 24.2 Å². The molecule has 4 nitrogen and oxygen atoms in total. The van der Waals surface area contributed by atoms with Crippen molar-refractivity contribution in [1.29, 1.82) is 0 Å². The van der Waals surface area contributed by atoms with Gasteiger partial charge in [-0.25, -0.2) is 9.18 Å². The molecule has 1 aliphatic rings. The minimum absolute atomic E-state index is 0.333. The minimum Gasteiger partial charge on any atom is -0.494 e. The van der Waals surface area contributed by atoms with Gasteiger partial charge in [0.25, 0.3) is 0 Å². The van der Waals surface area contributed by atoms with Gasteiger partial charge in [0, 0.05) is 11.0 Å². The fourth-order valence-electron chi connectivity index (χ4n) is 3.55. The maximum atomic E-state index is 14.8. The van der Waals surface area contributed by atoms with Crippen molar-refractivity contribution < 1.29 is 18.7 Å². The van der Waals surface area contributed by atoms with Gasteiger partial charge in [0.15, 0.2) is 0 Å². The van der Waals surface area contributed by atoms with Gasteiger partial charge in [0.1, 0.15) is 17.7 Å². The number of ether oxygens (including phenoxy) is 2. The molecule has 2 N–H and O–H groups in total. The maximum absolute atomic E-state index is 14.8. The Labute approximate surface area is 153 Å². The van der Waals surface area contributed by atoms with Crippen LogP contribution in [0.1, 0.15) is 44.4 Å². The van der Waals surface area contributed by atoms with E-state index >= 15 is 0 Å². The van der Waals surface area contributed by atoms with Crippen molar-refractivity contribution in [2.75, 3.05) is 6.61 Å². The third kappa shape index (κ3) is 3.52. The summed E-state index contributed by atoms with van der Waals surface area (Å²) in [5, 5.41) is 0. The van der Waals surface area contributed by atoms with E-state index in [1.54, 1.807) is 0 Å². The Bertz CT molecular complexity index is 815. The molecule has 1 atom stereocenters. The Morgan fingerprint density at radius 1 is 1.27 bits per heavy atom. The summed E-state index contributed by atoms with van der Waals surface area (Å²) in [6, 6.07) is 10.7. The zero-order valence-corrected chi connectivity index (χ0v) is 15.3. The SMILES string of the molecule is CCCOc1ccc(-c2cc3c(cc2F)[C@H](OC(N)=O)C(C)(C)C3)cc1. The Hall–Kier alpha value is -2.56. The largest absolute Gasteiger partial charge is 0.494 e. The van der Waals surface area contributed by atoms with Gasteiger partial charge in [-0.3, -0.25) is 0 Å². The van der Waals surface area contributed by atoms with E-state index in [9.17, 15) is 9.18 Å². The van der Waals surface area contributed by atoms with Gasteiger partial charge in [-0.1, -0.05) is 32.9 Å². The maximum Gasteiger partial charge on any atom is 0.405 e. The smallest absolute Gasteiger partial charge is 0.405 e. The highest BCUT2D eigenvalue weighted by Gasteiger charge is 2.42. The Morgan fingerprint density at radius 3 is 2.58 bits per heavy atom. The molecule has 0 heterocycles. The number of hydrogen-bond acceptors (Lipinski definition) is 3. The van der Waals surface area contributed by atoms with Crippen LogP contribution < -0.4 is 10.5 Å². The van der Waals surface area contributed by atoms with Crippen LogP contribution in [0.5, 0.6) is 5.75 Å². The Balaban J connectivity index is 1.94. The number of nitrogens with two attached hydrogens (primary N) is 1. The van der Waals surface area contributed by atoms with E-state index < -0.39 is 12.2 Å². The minimum atomic E-state index is -0.844. The predicted octanol–water partition coefficient (Wildman–Crippen LogP) is 5.00. The number of hydrogen-bond donors (Lipinski definition) is 1. The van der Waals surface area contributed by atoms with E-state index in [2.05, 4.69) is 0 Å². The highest BCUT2D eigenvalue weighted by atomic mass is 19.1. The zero-order chi connectivity index (χ0) is 18.9. The van der Waals surface area contributed by atoms with Crippen molar-refractivity contribution in [3.05, 3.63) is 53.3 Å². The lowest BCUT2D eigenvalue weighted by Crippen LogP contribution is -2.25. The van der Waals surface area contributed by atoms with Crippen LogP contribution in [0.3, 0.4) is 0 Å². The number of primary amides is 1. The summed E-state index contributed by atoms with van der Waals surface area (Å²) in [4.78, 5) is 11.2. The van der Waals surface area contributed by atoms with E-state index in [-0.39, 0.29) is 11.2 Å². The van der Waals surface area contributed by atoms with E-state index in [1.165, 1.54) is 6.07 Å². The van der Waals surface area contributed by atoms with E-state index in [1.807, 2.05) is 51.1 Å². The Morgan fingerprint density at radius 2 is 1.96 bits per heavy atom. The first-order valence-electron chi connectivity index (χ1n) is 8.83. The van der Waals surface area contributed by atoms with Crippen LogP contribution in [0.2, 0.25) is 0 Å². The molecule has 0 bridgehead atoms. The van der Waals surface area contributed by atoms with Gasteiger partial charge in [0.05, 0.1) is 6.61 Å². The Kier molecular flexibility index (Phi) is 4.90. The van der Waals surface area contributed by atoms with Gasteiger partial charge in [0.2, 0.25) is 0 Å².